The number of hydrogen-bond donors (Lipinski definition) is 2. The molecule has 2 rings (SSSR count). The number of thiophene rings is 1. The van der Waals surface area contributed by atoms with Crippen LogP contribution < -0.4 is 10.1 Å². The Balaban J connectivity index is 2.13. The van der Waals surface area contributed by atoms with Gasteiger partial charge in [0.1, 0.15) is 4.21 Å². The number of hydrazine groups is 1. The molecule has 0 radical (unpaired) electrons. The molecule has 2 N–H and O–H groups in total. The van der Waals surface area contributed by atoms with Gasteiger partial charge in [-0.25, -0.2) is 13.4 Å². The topological polar surface area (TPSA) is 61.4 Å². The molecular weight excluding hydrogens is 294 g/mol. The van der Waals surface area contributed by atoms with Crippen LogP contribution in [-0.2, 0) is 16.6 Å². The molecule has 0 amide bonds. The molecule has 7 heteroatoms. The lowest BCUT2D eigenvalue weighted by molar-refractivity contribution is 0.0791. The van der Waals surface area contributed by atoms with Crippen LogP contribution in [0.15, 0.2) is 15.7 Å². The van der Waals surface area contributed by atoms with Gasteiger partial charge in [0.2, 0.25) is 0 Å². The van der Waals surface area contributed by atoms with E-state index in [0.717, 1.165) is 24.8 Å². The Hall–Kier alpha value is -0.470. The number of nitrogens with zero attached hydrogens (tertiary/aromatic N) is 1. The average Bonchev–Trinajstić information content (AvgIpc) is 2.84. The van der Waals surface area contributed by atoms with Crippen LogP contribution in [0.3, 0.4) is 0 Å². The molecule has 0 aromatic carbocycles. The molecule has 2 atom stereocenters. The number of piperidine rings is 1. The first-order valence-electron chi connectivity index (χ1n) is 6.97. The largest absolute Gasteiger partial charge is 0.316 e. The fraction of sp³-hybridized carbons (Fsp3) is 0.692. The van der Waals surface area contributed by atoms with E-state index in [1.807, 2.05) is 17.4 Å². The van der Waals surface area contributed by atoms with Gasteiger partial charge in [-0.1, -0.05) is 6.42 Å². The smallest absolute Gasteiger partial charge is 0.262 e. The summed E-state index contributed by atoms with van der Waals surface area (Å²) in [7, 11) is -1.61. The van der Waals surface area contributed by atoms with Gasteiger partial charge in [-0.15, -0.1) is 16.2 Å². The van der Waals surface area contributed by atoms with E-state index in [2.05, 4.69) is 24.0 Å². The first kappa shape index (κ1) is 15.9. The van der Waals surface area contributed by atoms with Gasteiger partial charge >= 0.3 is 0 Å². The van der Waals surface area contributed by atoms with Crippen LogP contribution in [0, 0.1) is 0 Å². The highest BCUT2D eigenvalue weighted by Gasteiger charge is 2.29. The molecule has 2 heterocycles. The highest BCUT2D eigenvalue weighted by molar-refractivity contribution is 7.91. The first-order chi connectivity index (χ1) is 9.44. The second-order valence-corrected chi connectivity index (χ2v) is 8.23. The van der Waals surface area contributed by atoms with Crippen molar-refractivity contribution in [3.63, 3.8) is 0 Å². The van der Waals surface area contributed by atoms with Crippen molar-refractivity contribution in [3.05, 3.63) is 17.0 Å². The summed E-state index contributed by atoms with van der Waals surface area (Å²) in [5.41, 5.74) is 0.998. The first-order valence-corrected chi connectivity index (χ1v) is 9.33. The van der Waals surface area contributed by atoms with Crippen LogP contribution in [0.1, 0.15) is 38.7 Å². The Bertz CT molecular complexity index is 532. The molecule has 1 aromatic heterocycles. The van der Waals surface area contributed by atoms with Gasteiger partial charge in [0.05, 0.1) is 0 Å². The number of rotatable bonds is 5. The summed E-state index contributed by atoms with van der Waals surface area (Å²) in [5.74, 6) is 0. The molecule has 1 aliphatic heterocycles. The van der Waals surface area contributed by atoms with Gasteiger partial charge in [-0.3, -0.25) is 0 Å². The molecule has 5 nitrogen and oxygen atoms in total. The van der Waals surface area contributed by atoms with Crippen molar-refractivity contribution in [2.75, 3.05) is 7.05 Å². The van der Waals surface area contributed by atoms with Crippen molar-refractivity contribution in [2.45, 2.75) is 55.9 Å². The lowest BCUT2D eigenvalue weighted by Gasteiger charge is -2.38. The minimum atomic E-state index is -3.46. The summed E-state index contributed by atoms with van der Waals surface area (Å²) in [4.78, 5) is 2.76. The van der Waals surface area contributed by atoms with Crippen molar-refractivity contribution < 1.29 is 8.42 Å². The zero-order valence-electron chi connectivity index (χ0n) is 12.2. The summed E-state index contributed by atoms with van der Waals surface area (Å²) in [6.45, 7) is 4.82. The SMILES string of the molecule is CNCc1csc(S(=O)(=O)NN2C(C)CCCC2C)c1. The van der Waals surface area contributed by atoms with E-state index < -0.39 is 10.0 Å². The molecule has 20 heavy (non-hydrogen) atoms. The third kappa shape index (κ3) is 3.59. The Labute approximate surface area is 125 Å². The maximum Gasteiger partial charge on any atom is 0.262 e. The minimum absolute atomic E-state index is 0.241. The van der Waals surface area contributed by atoms with E-state index in [9.17, 15) is 8.42 Å². The number of nitrogens with one attached hydrogen (secondary N) is 2. The number of sulfonamides is 1. The summed E-state index contributed by atoms with van der Waals surface area (Å²) in [6, 6.07) is 2.22. The molecule has 1 fully saturated rings. The Morgan fingerprint density at radius 1 is 1.35 bits per heavy atom. The van der Waals surface area contributed by atoms with Crippen molar-refractivity contribution in [1.82, 2.24) is 15.2 Å². The van der Waals surface area contributed by atoms with Crippen LogP contribution in [0.5, 0.6) is 0 Å². The summed E-state index contributed by atoms with van der Waals surface area (Å²) in [5, 5.41) is 6.79. The van der Waals surface area contributed by atoms with Gasteiger partial charge < -0.3 is 5.32 Å². The standard InChI is InChI=1S/C13H23N3O2S2/c1-10-5-4-6-11(2)16(10)15-20(17,18)13-7-12(8-14-3)9-19-13/h7,9-11,14-15H,4-6,8H2,1-3H3. The fourth-order valence-electron chi connectivity index (χ4n) is 2.58. The highest BCUT2D eigenvalue weighted by atomic mass is 32.2. The second-order valence-electron chi connectivity index (χ2n) is 5.44. The minimum Gasteiger partial charge on any atom is -0.316 e. The van der Waals surface area contributed by atoms with Crippen LogP contribution in [-0.4, -0.2) is 32.6 Å². The zero-order chi connectivity index (χ0) is 14.8. The summed E-state index contributed by atoms with van der Waals surface area (Å²) < 4.78 is 25.3. The van der Waals surface area contributed by atoms with Crippen LogP contribution in [0.4, 0.5) is 0 Å². The molecular formula is C13H23N3O2S2. The third-order valence-electron chi connectivity index (χ3n) is 3.69. The maximum atomic E-state index is 12.4. The highest BCUT2D eigenvalue weighted by Crippen LogP contribution is 2.24. The monoisotopic (exact) mass is 317 g/mol. The Morgan fingerprint density at radius 3 is 2.60 bits per heavy atom. The van der Waals surface area contributed by atoms with Crippen molar-refractivity contribution in [3.8, 4) is 0 Å². The van der Waals surface area contributed by atoms with E-state index in [0.29, 0.717) is 10.8 Å². The molecule has 2 unspecified atom stereocenters. The predicted molar refractivity (Wildman–Crippen MR) is 82.0 cm³/mol. The Kier molecular flexibility index (Phi) is 5.19. The van der Waals surface area contributed by atoms with Crippen molar-refractivity contribution >= 4 is 21.4 Å². The van der Waals surface area contributed by atoms with Gasteiger partial charge in [-0.2, -0.15) is 0 Å². The maximum absolute atomic E-state index is 12.4. The summed E-state index contributed by atoms with van der Waals surface area (Å²) in [6.07, 6.45) is 3.22. The Morgan fingerprint density at radius 2 is 2.00 bits per heavy atom. The lowest BCUT2D eigenvalue weighted by atomic mass is 10.0. The quantitative estimate of drug-likeness (QED) is 0.871. The van der Waals surface area contributed by atoms with Gasteiger partial charge in [0.25, 0.3) is 10.0 Å². The molecule has 114 valence electrons. The van der Waals surface area contributed by atoms with Crippen molar-refractivity contribution in [1.29, 1.82) is 0 Å². The fourth-order valence-corrected chi connectivity index (χ4v) is 5.01. The number of hydrogen-bond acceptors (Lipinski definition) is 5. The normalized spacial score (nSPS) is 24.9. The molecule has 0 aliphatic carbocycles. The molecule has 1 aromatic rings. The van der Waals surface area contributed by atoms with Gasteiger partial charge in [0, 0.05) is 18.6 Å². The molecule has 0 saturated carbocycles. The van der Waals surface area contributed by atoms with E-state index in [1.54, 1.807) is 6.07 Å². The summed E-state index contributed by atoms with van der Waals surface area (Å²) >= 11 is 1.27. The molecule has 1 saturated heterocycles. The van der Waals surface area contributed by atoms with E-state index in [-0.39, 0.29) is 12.1 Å². The van der Waals surface area contributed by atoms with Gasteiger partial charge in [-0.05, 0) is 50.7 Å². The predicted octanol–water partition coefficient (Wildman–Crippen LogP) is 1.92. The van der Waals surface area contributed by atoms with Crippen LogP contribution in [0.25, 0.3) is 0 Å². The van der Waals surface area contributed by atoms with E-state index in [1.165, 1.54) is 11.3 Å². The second kappa shape index (κ2) is 6.53. The zero-order valence-corrected chi connectivity index (χ0v) is 13.9. The average molecular weight is 317 g/mol. The third-order valence-corrected chi connectivity index (χ3v) is 6.51. The molecule has 0 spiro atoms. The van der Waals surface area contributed by atoms with Gasteiger partial charge in [0.15, 0.2) is 0 Å². The van der Waals surface area contributed by atoms with Crippen molar-refractivity contribution in [2.24, 2.45) is 0 Å². The van der Waals surface area contributed by atoms with Crippen LogP contribution >= 0.6 is 11.3 Å². The van der Waals surface area contributed by atoms with E-state index in [4.69, 9.17) is 0 Å². The molecule has 0 bridgehead atoms. The lowest BCUT2D eigenvalue weighted by Crippen LogP contribution is -2.53. The van der Waals surface area contributed by atoms with E-state index >= 15 is 0 Å². The molecule has 1 aliphatic rings. The van der Waals surface area contributed by atoms with Crippen LogP contribution in [0.2, 0.25) is 0 Å².